The number of aliphatic hydroxyl groups is 1. The molecule has 106 valence electrons. The number of esters is 1. The van der Waals surface area contributed by atoms with Crippen molar-refractivity contribution in [3.63, 3.8) is 0 Å². The SMILES string of the molecule is CCCCCCOC(=O)C1CC(O)N(C(C)C)C1. The Kier molecular flexibility index (Phi) is 6.65. The Morgan fingerprint density at radius 3 is 2.67 bits per heavy atom. The van der Waals surface area contributed by atoms with Gasteiger partial charge in [-0.05, 0) is 20.3 Å². The highest BCUT2D eigenvalue weighted by Gasteiger charge is 2.36. The molecule has 18 heavy (non-hydrogen) atoms. The molecule has 2 atom stereocenters. The molecule has 0 aromatic rings. The number of nitrogens with zero attached hydrogens (tertiary/aromatic N) is 1. The number of ether oxygens (including phenoxy) is 1. The first-order chi connectivity index (χ1) is 8.56. The second-order valence-corrected chi connectivity index (χ2v) is 5.43. The van der Waals surface area contributed by atoms with Crippen molar-refractivity contribution in [3.05, 3.63) is 0 Å². The fourth-order valence-electron chi connectivity index (χ4n) is 2.39. The predicted molar refractivity (Wildman–Crippen MR) is 71.1 cm³/mol. The molecule has 4 nitrogen and oxygen atoms in total. The van der Waals surface area contributed by atoms with Gasteiger partial charge in [0.2, 0.25) is 0 Å². The average Bonchev–Trinajstić information content (AvgIpc) is 2.71. The minimum atomic E-state index is -0.498. The molecule has 0 aliphatic carbocycles. The zero-order valence-electron chi connectivity index (χ0n) is 11.9. The molecule has 1 aliphatic rings. The lowest BCUT2D eigenvalue weighted by Gasteiger charge is -2.23. The van der Waals surface area contributed by atoms with E-state index in [0.717, 1.165) is 12.8 Å². The van der Waals surface area contributed by atoms with Gasteiger partial charge in [-0.15, -0.1) is 0 Å². The number of carbonyl (C=O) groups excluding carboxylic acids is 1. The van der Waals surface area contributed by atoms with Crippen molar-refractivity contribution in [2.24, 2.45) is 5.92 Å². The molecule has 1 rings (SSSR count). The normalized spacial score (nSPS) is 24.7. The van der Waals surface area contributed by atoms with E-state index in [-0.39, 0.29) is 17.9 Å². The first-order valence-corrected chi connectivity index (χ1v) is 7.16. The smallest absolute Gasteiger partial charge is 0.310 e. The van der Waals surface area contributed by atoms with Crippen LogP contribution in [0.2, 0.25) is 0 Å². The van der Waals surface area contributed by atoms with Crippen LogP contribution >= 0.6 is 0 Å². The van der Waals surface area contributed by atoms with Gasteiger partial charge in [0, 0.05) is 19.0 Å². The van der Waals surface area contributed by atoms with E-state index in [2.05, 4.69) is 6.92 Å². The third-order valence-electron chi connectivity index (χ3n) is 3.55. The predicted octanol–water partition coefficient (Wildman–Crippen LogP) is 2.16. The van der Waals surface area contributed by atoms with E-state index in [1.54, 1.807) is 0 Å². The van der Waals surface area contributed by atoms with Crippen molar-refractivity contribution in [1.82, 2.24) is 4.90 Å². The highest BCUT2D eigenvalue weighted by Crippen LogP contribution is 2.24. The van der Waals surface area contributed by atoms with Gasteiger partial charge < -0.3 is 9.84 Å². The van der Waals surface area contributed by atoms with Gasteiger partial charge in [0.15, 0.2) is 0 Å². The van der Waals surface area contributed by atoms with Gasteiger partial charge in [0.05, 0.1) is 12.5 Å². The number of rotatable bonds is 7. The first kappa shape index (κ1) is 15.4. The van der Waals surface area contributed by atoms with Crippen molar-refractivity contribution < 1.29 is 14.6 Å². The van der Waals surface area contributed by atoms with Crippen molar-refractivity contribution in [3.8, 4) is 0 Å². The highest BCUT2D eigenvalue weighted by atomic mass is 16.5. The molecule has 1 saturated heterocycles. The summed E-state index contributed by atoms with van der Waals surface area (Å²) in [5, 5.41) is 9.84. The number of unbranched alkanes of at least 4 members (excludes halogenated alkanes) is 3. The molecule has 0 spiro atoms. The van der Waals surface area contributed by atoms with E-state index in [4.69, 9.17) is 4.74 Å². The number of hydrogen-bond acceptors (Lipinski definition) is 4. The van der Waals surface area contributed by atoms with Gasteiger partial charge in [-0.25, -0.2) is 0 Å². The Balaban J connectivity index is 2.23. The van der Waals surface area contributed by atoms with Gasteiger partial charge >= 0.3 is 5.97 Å². The van der Waals surface area contributed by atoms with Crippen molar-refractivity contribution in [2.45, 2.75) is 65.1 Å². The summed E-state index contributed by atoms with van der Waals surface area (Å²) in [4.78, 5) is 13.8. The number of hydrogen-bond donors (Lipinski definition) is 1. The molecule has 1 heterocycles. The first-order valence-electron chi connectivity index (χ1n) is 7.16. The van der Waals surface area contributed by atoms with Crippen molar-refractivity contribution in [1.29, 1.82) is 0 Å². The zero-order valence-corrected chi connectivity index (χ0v) is 11.9. The largest absolute Gasteiger partial charge is 0.465 e. The molecule has 0 aromatic carbocycles. The summed E-state index contributed by atoms with van der Waals surface area (Å²) in [7, 11) is 0. The summed E-state index contributed by atoms with van der Waals surface area (Å²) in [5.41, 5.74) is 0. The molecule has 1 aliphatic heterocycles. The van der Waals surface area contributed by atoms with E-state index >= 15 is 0 Å². The molecule has 0 bridgehead atoms. The quantitative estimate of drug-likeness (QED) is 0.561. The maximum atomic E-state index is 11.8. The average molecular weight is 257 g/mol. The summed E-state index contributed by atoms with van der Waals surface area (Å²) in [5.74, 6) is -0.303. The van der Waals surface area contributed by atoms with Crippen LogP contribution in [0.25, 0.3) is 0 Å². The van der Waals surface area contributed by atoms with Crippen LogP contribution in [0.15, 0.2) is 0 Å². The second kappa shape index (κ2) is 7.74. The van der Waals surface area contributed by atoms with E-state index in [1.807, 2.05) is 18.7 Å². The maximum Gasteiger partial charge on any atom is 0.310 e. The standard InChI is InChI=1S/C14H27NO3/c1-4-5-6-7-8-18-14(17)12-9-13(16)15(10-12)11(2)3/h11-13,16H,4-10H2,1-3H3. The highest BCUT2D eigenvalue weighted by molar-refractivity contribution is 5.73. The van der Waals surface area contributed by atoms with Crippen LogP contribution < -0.4 is 0 Å². The minimum absolute atomic E-state index is 0.145. The van der Waals surface area contributed by atoms with Crippen molar-refractivity contribution in [2.75, 3.05) is 13.2 Å². The van der Waals surface area contributed by atoms with Crippen molar-refractivity contribution >= 4 is 5.97 Å². The minimum Gasteiger partial charge on any atom is -0.465 e. The Morgan fingerprint density at radius 2 is 2.11 bits per heavy atom. The molecular formula is C14H27NO3. The van der Waals surface area contributed by atoms with Gasteiger partial charge in [-0.3, -0.25) is 9.69 Å². The van der Waals surface area contributed by atoms with Crippen LogP contribution in [0, 0.1) is 5.92 Å². The van der Waals surface area contributed by atoms with Crippen LogP contribution in [0.5, 0.6) is 0 Å². The fourth-order valence-corrected chi connectivity index (χ4v) is 2.39. The fraction of sp³-hybridized carbons (Fsp3) is 0.929. The molecule has 1 fully saturated rings. The lowest BCUT2D eigenvalue weighted by Crippen LogP contribution is -2.35. The second-order valence-electron chi connectivity index (χ2n) is 5.43. The summed E-state index contributed by atoms with van der Waals surface area (Å²) < 4.78 is 5.27. The number of carbonyl (C=O) groups is 1. The van der Waals surface area contributed by atoms with Gasteiger partial charge in [0.25, 0.3) is 0 Å². The zero-order chi connectivity index (χ0) is 13.5. The topological polar surface area (TPSA) is 49.8 Å². The Bertz CT molecular complexity index is 255. The van der Waals surface area contributed by atoms with Crippen LogP contribution in [-0.2, 0) is 9.53 Å². The molecule has 0 aromatic heterocycles. The monoisotopic (exact) mass is 257 g/mol. The van der Waals surface area contributed by atoms with Gasteiger partial charge in [-0.2, -0.15) is 0 Å². The third kappa shape index (κ3) is 4.58. The third-order valence-corrected chi connectivity index (χ3v) is 3.55. The summed E-state index contributed by atoms with van der Waals surface area (Å²) in [6.07, 6.45) is 4.46. The lowest BCUT2D eigenvalue weighted by molar-refractivity contribution is -0.148. The Labute approximate surface area is 110 Å². The van der Waals surface area contributed by atoms with Crippen LogP contribution in [0.3, 0.4) is 0 Å². The van der Waals surface area contributed by atoms with E-state index < -0.39 is 6.23 Å². The molecule has 0 amide bonds. The van der Waals surface area contributed by atoms with E-state index in [9.17, 15) is 9.90 Å². The van der Waals surface area contributed by atoms with Crippen LogP contribution in [-0.4, -0.2) is 41.4 Å². The molecular weight excluding hydrogens is 230 g/mol. The van der Waals surface area contributed by atoms with Crippen LogP contribution in [0.1, 0.15) is 52.9 Å². The summed E-state index contributed by atoms with van der Waals surface area (Å²) in [6, 6.07) is 0.266. The van der Waals surface area contributed by atoms with E-state index in [1.165, 1.54) is 12.8 Å². The molecule has 1 N–H and O–H groups in total. The molecule has 4 heteroatoms. The molecule has 0 saturated carbocycles. The van der Waals surface area contributed by atoms with Crippen LogP contribution in [0.4, 0.5) is 0 Å². The van der Waals surface area contributed by atoms with Gasteiger partial charge in [0.1, 0.15) is 6.23 Å². The maximum absolute atomic E-state index is 11.8. The number of likely N-dealkylation sites (tertiary alicyclic amines) is 1. The Morgan fingerprint density at radius 1 is 1.39 bits per heavy atom. The molecule has 0 radical (unpaired) electrons. The Hall–Kier alpha value is -0.610. The van der Waals surface area contributed by atoms with Gasteiger partial charge in [-0.1, -0.05) is 26.2 Å². The summed E-state index contributed by atoms with van der Waals surface area (Å²) in [6.45, 7) is 7.36. The summed E-state index contributed by atoms with van der Waals surface area (Å²) >= 11 is 0. The lowest BCUT2D eigenvalue weighted by atomic mass is 10.1. The molecule has 2 unspecified atom stereocenters. The number of aliphatic hydroxyl groups excluding tert-OH is 1. The van der Waals surface area contributed by atoms with E-state index in [0.29, 0.717) is 19.6 Å².